The van der Waals surface area contributed by atoms with E-state index >= 15 is 0 Å². The second kappa shape index (κ2) is 9.10. The van der Waals surface area contributed by atoms with Crippen LogP contribution in [-0.2, 0) is 17.8 Å². The summed E-state index contributed by atoms with van der Waals surface area (Å²) in [4.78, 5) is 13.0. The van der Waals surface area contributed by atoms with E-state index in [1.165, 1.54) is 20.1 Å². The van der Waals surface area contributed by atoms with Gasteiger partial charge < -0.3 is 10.4 Å². The molecule has 0 saturated heterocycles. The van der Waals surface area contributed by atoms with Crippen LogP contribution in [0.15, 0.2) is 34.4 Å². The van der Waals surface area contributed by atoms with Crippen molar-refractivity contribution in [3.8, 4) is 0 Å². The number of carboxylic acids is 1. The molecule has 2 aromatic heterocycles. The van der Waals surface area contributed by atoms with Crippen LogP contribution in [0.5, 0.6) is 0 Å². The summed E-state index contributed by atoms with van der Waals surface area (Å²) < 4.78 is 34.2. The lowest BCUT2D eigenvalue weighted by molar-refractivity contribution is -0.192. The molecule has 0 amide bonds. The number of carboxylic acid groups (broad SMARTS) is 1. The highest BCUT2D eigenvalue weighted by Gasteiger charge is 2.38. The highest BCUT2D eigenvalue weighted by Crippen LogP contribution is 2.32. The number of hydrogen-bond donors (Lipinski definition) is 3. The highest BCUT2D eigenvalue weighted by molar-refractivity contribution is 9.10. The van der Waals surface area contributed by atoms with E-state index in [9.17, 15) is 13.2 Å². The number of aliphatic carboxylic acids is 1. The third kappa shape index (κ3) is 5.78. The van der Waals surface area contributed by atoms with Gasteiger partial charge >= 0.3 is 12.1 Å². The van der Waals surface area contributed by atoms with Crippen LogP contribution < -0.4 is 5.32 Å². The van der Waals surface area contributed by atoms with Crippen molar-refractivity contribution in [2.75, 3.05) is 6.54 Å². The van der Waals surface area contributed by atoms with Crippen LogP contribution in [0.2, 0.25) is 0 Å². The van der Waals surface area contributed by atoms with Gasteiger partial charge in [0.2, 0.25) is 0 Å². The number of rotatable bonds is 5. The molecule has 6 nitrogen and oxygen atoms in total. The average molecular weight is 451 g/mol. The molecule has 11 heteroatoms. The van der Waals surface area contributed by atoms with Crippen molar-refractivity contribution in [2.45, 2.75) is 19.1 Å². The first kappa shape index (κ1) is 20.3. The lowest BCUT2D eigenvalue weighted by Crippen LogP contribution is -2.21. The summed E-state index contributed by atoms with van der Waals surface area (Å²) >= 11 is 5.37. The Kier molecular flexibility index (Phi) is 7.12. The molecule has 140 valence electrons. The maximum Gasteiger partial charge on any atom is 0.490 e. The molecule has 0 atom stereocenters. The summed E-state index contributed by atoms with van der Waals surface area (Å²) in [6.45, 7) is 1.77. The summed E-state index contributed by atoms with van der Waals surface area (Å²) in [6.07, 6.45) is -2.68. The number of aromatic nitrogens is 3. The summed E-state index contributed by atoms with van der Waals surface area (Å²) in [5, 5.41) is 20.8. The number of aromatic amines is 1. The van der Waals surface area contributed by atoms with Gasteiger partial charge in [0.05, 0.1) is 0 Å². The van der Waals surface area contributed by atoms with E-state index in [2.05, 4.69) is 60.0 Å². The van der Waals surface area contributed by atoms with E-state index in [1.54, 1.807) is 17.7 Å². The maximum absolute atomic E-state index is 10.6. The largest absolute Gasteiger partial charge is 0.490 e. The summed E-state index contributed by atoms with van der Waals surface area (Å²) in [5.74, 6) is -1.84. The van der Waals surface area contributed by atoms with Crippen molar-refractivity contribution < 1.29 is 23.1 Å². The van der Waals surface area contributed by atoms with Crippen LogP contribution in [0.3, 0.4) is 0 Å². The minimum absolute atomic E-state index is 0.867. The standard InChI is InChI=1S/C13H13BrN4S.C2HF3O2/c14-11-3-1-2-10-9(7-19-13(10)11)6-15-5-4-12-16-8-17-18-12;3-2(4,5)1(6)7/h1-3,7-8,15H,4-6H2,(H,16,17,18);(H,6,7). The first-order chi connectivity index (χ1) is 12.3. The van der Waals surface area contributed by atoms with Crippen molar-refractivity contribution in [2.24, 2.45) is 0 Å². The van der Waals surface area contributed by atoms with Crippen molar-refractivity contribution in [3.05, 3.63) is 45.8 Å². The zero-order chi connectivity index (χ0) is 19.2. The second-order valence-corrected chi connectivity index (χ2v) is 6.77. The Morgan fingerprint density at radius 2 is 2.12 bits per heavy atom. The number of fused-ring (bicyclic) bond motifs is 1. The van der Waals surface area contributed by atoms with E-state index in [1.807, 2.05) is 0 Å². The van der Waals surface area contributed by atoms with Crippen LogP contribution >= 0.6 is 27.3 Å². The molecule has 3 aromatic rings. The van der Waals surface area contributed by atoms with Gasteiger partial charge in [-0.15, -0.1) is 11.3 Å². The molecule has 2 heterocycles. The van der Waals surface area contributed by atoms with E-state index < -0.39 is 12.1 Å². The predicted octanol–water partition coefficient (Wildman–Crippen LogP) is 3.75. The summed E-state index contributed by atoms with van der Waals surface area (Å²) in [7, 11) is 0. The molecule has 0 fully saturated rings. The smallest absolute Gasteiger partial charge is 0.475 e. The molecule has 0 aliphatic rings. The third-order valence-corrected chi connectivity index (χ3v) is 5.19. The fourth-order valence-corrected chi connectivity index (χ4v) is 3.62. The fourth-order valence-electron chi connectivity index (χ4n) is 1.99. The molecule has 0 aliphatic carbocycles. The fraction of sp³-hybridized carbons (Fsp3) is 0.267. The first-order valence-corrected chi connectivity index (χ1v) is 8.96. The Labute approximate surface area is 158 Å². The number of alkyl halides is 3. The topological polar surface area (TPSA) is 90.9 Å². The second-order valence-electron chi connectivity index (χ2n) is 5.04. The molecule has 0 saturated carbocycles. The molecule has 3 rings (SSSR count). The molecule has 1 aromatic carbocycles. The summed E-state index contributed by atoms with van der Waals surface area (Å²) in [6, 6.07) is 6.33. The van der Waals surface area contributed by atoms with Gasteiger partial charge in [-0.25, -0.2) is 9.78 Å². The van der Waals surface area contributed by atoms with Crippen molar-refractivity contribution in [1.29, 1.82) is 0 Å². The van der Waals surface area contributed by atoms with Gasteiger partial charge in [-0.2, -0.15) is 18.3 Å². The molecule has 0 spiro atoms. The summed E-state index contributed by atoms with van der Waals surface area (Å²) in [5.41, 5.74) is 1.35. The molecule has 0 radical (unpaired) electrons. The number of H-pyrrole nitrogens is 1. The molecule has 26 heavy (non-hydrogen) atoms. The number of thiophene rings is 1. The number of benzene rings is 1. The monoisotopic (exact) mass is 450 g/mol. The Morgan fingerprint density at radius 3 is 2.73 bits per heavy atom. The minimum atomic E-state index is -5.08. The molecule has 0 unspecified atom stereocenters. The Balaban J connectivity index is 0.000000298. The number of halogens is 4. The van der Waals surface area contributed by atoms with E-state index in [0.29, 0.717) is 0 Å². The van der Waals surface area contributed by atoms with Crippen LogP contribution in [0, 0.1) is 0 Å². The highest BCUT2D eigenvalue weighted by atomic mass is 79.9. The van der Waals surface area contributed by atoms with Gasteiger partial charge in [-0.3, -0.25) is 5.10 Å². The van der Waals surface area contributed by atoms with E-state index in [4.69, 9.17) is 9.90 Å². The van der Waals surface area contributed by atoms with E-state index in [0.717, 1.165) is 25.3 Å². The number of nitrogens with one attached hydrogen (secondary N) is 2. The average Bonchev–Trinajstić information content (AvgIpc) is 3.22. The zero-order valence-electron chi connectivity index (χ0n) is 13.2. The third-order valence-electron chi connectivity index (χ3n) is 3.19. The number of carbonyl (C=O) groups is 1. The Morgan fingerprint density at radius 1 is 1.38 bits per heavy atom. The van der Waals surface area contributed by atoms with Crippen molar-refractivity contribution in [3.63, 3.8) is 0 Å². The Bertz CT molecular complexity index is 852. The van der Waals surface area contributed by atoms with Crippen molar-refractivity contribution >= 4 is 43.3 Å². The van der Waals surface area contributed by atoms with Gasteiger partial charge in [0.1, 0.15) is 12.2 Å². The van der Waals surface area contributed by atoms with Gasteiger partial charge in [-0.05, 0) is 38.3 Å². The van der Waals surface area contributed by atoms with Crippen LogP contribution in [-0.4, -0.2) is 39.0 Å². The van der Waals surface area contributed by atoms with Crippen LogP contribution in [0.4, 0.5) is 13.2 Å². The van der Waals surface area contributed by atoms with Gasteiger partial charge in [0.25, 0.3) is 0 Å². The Hall–Kier alpha value is -1.98. The minimum Gasteiger partial charge on any atom is -0.475 e. The number of nitrogens with zero attached hydrogens (tertiary/aromatic N) is 2. The lowest BCUT2D eigenvalue weighted by Gasteiger charge is -2.03. The van der Waals surface area contributed by atoms with Gasteiger partial charge in [0.15, 0.2) is 0 Å². The normalized spacial score (nSPS) is 11.2. The van der Waals surface area contributed by atoms with Crippen molar-refractivity contribution in [1.82, 2.24) is 20.5 Å². The van der Waals surface area contributed by atoms with Crippen LogP contribution in [0.1, 0.15) is 11.4 Å². The van der Waals surface area contributed by atoms with Gasteiger partial charge in [0, 0.05) is 28.7 Å². The SMILES string of the molecule is Brc1cccc2c(CNCCc3ncn[nH]3)csc12.O=C(O)C(F)(F)F. The maximum atomic E-state index is 10.6. The zero-order valence-corrected chi connectivity index (χ0v) is 15.6. The quantitative estimate of drug-likeness (QED) is 0.515. The van der Waals surface area contributed by atoms with Crippen LogP contribution in [0.25, 0.3) is 10.1 Å². The molecular formula is C15H14BrF3N4O2S. The molecule has 0 aliphatic heterocycles. The molecular weight excluding hydrogens is 437 g/mol. The molecule has 3 N–H and O–H groups in total. The number of hydrogen-bond acceptors (Lipinski definition) is 5. The first-order valence-electron chi connectivity index (χ1n) is 7.28. The predicted molar refractivity (Wildman–Crippen MR) is 95.0 cm³/mol. The van der Waals surface area contributed by atoms with E-state index in [-0.39, 0.29) is 0 Å². The van der Waals surface area contributed by atoms with Gasteiger partial charge in [-0.1, -0.05) is 12.1 Å². The lowest BCUT2D eigenvalue weighted by atomic mass is 10.2. The molecule has 0 bridgehead atoms.